The third-order valence-electron chi connectivity index (χ3n) is 3.84. The molecule has 1 aliphatic heterocycles. The van der Waals surface area contributed by atoms with Crippen LogP contribution in [0.2, 0.25) is 0 Å². The molecule has 1 amide bonds. The summed E-state index contributed by atoms with van der Waals surface area (Å²) >= 11 is 1.80. The summed E-state index contributed by atoms with van der Waals surface area (Å²) in [5.41, 5.74) is 1.32. The van der Waals surface area contributed by atoms with Gasteiger partial charge in [-0.25, -0.2) is 4.98 Å². The Kier molecular flexibility index (Phi) is 3.82. The highest BCUT2D eigenvalue weighted by Gasteiger charge is 2.27. The maximum Gasteiger partial charge on any atom is 0.223 e. The summed E-state index contributed by atoms with van der Waals surface area (Å²) < 4.78 is 1.77. The molecule has 2 aromatic rings. The second-order valence-electron chi connectivity index (χ2n) is 5.07. The summed E-state index contributed by atoms with van der Waals surface area (Å²) in [5, 5.41) is 6.17. The lowest BCUT2D eigenvalue weighted by molar-refractivity contribution is -0.133. The van der Waals surface area contributed by atoms with Crippen molar-refractivity contribution >= 4 is 17.2 Å². The van der Waals surface area contributed by atoms with Crippen LogP contribution in [0.5, 0.6) is 0 Å². The van der Waals surface area contributed by atoms with Crippen molar-refractivity contribution in [3.63, 3.8) is 0 Å². The number of hydrogen-bond donors (Lipinski definition) is 0. The molecular weight excluding hydrogens is 272 g/mol. The molecule has 0 radical (unpaired) electrons. The lowest BCUT2D eigenvalue weighted by atomic mass is 10.0. The van der Waals surface area contributed by atoms with E-state index in [9.17, 15) is 4.79 Å². The number of hydrogen-bond acceptors (Lipinski definition) is 4. The van der Waals surface area contributed by atoms with Crippen LogP contribution in [0.3, 0.4) is 0 Å². The Morgan fingerprint density at radius 2 is 2.45 bits per heavy atom. The normalized spacial score (nSPS) is 18.1. The second kappa shape index (κ2) is 5.75. The predicted molar refractivity (Wildman–Crippen MR) is 77.4 cm³/mol. The molecule has 0 spiro atoms. The van der Waals surface area contributed by atoms with Crippen molar-refractivity contribution in [3.05, 3.63) is 34.5 Å². The number of carbonyl (C=O) groups is 1. The molecule has 0 saturated carbocycles. The SMILES string of the molecule is CC1c2ccsc2CCN1C(=O)CCCn1cncn1. The van der Waals surface area contributed by atoms with Gasteiger partial charge in [0.05, 0.1) is 6.04 Å². The minimum atomic E-state index is 0.212. The average Bonchev–Trinajstić information content (AvgIpc) is 3.09. The molecule has 3 rings (SSSR count). The number of carbonyl (C=O) groups excluding carboxylic acids is 1. The van der Waals surface area contributed by atoms with E-state index in [0.29, 0.717) is 6.42 Å². The number of rotatable bonds is 4. The lowest BCUT2D eigenvalue weighted by Crippen LogP contribution is -2.38. The van der Waals surface area contributed by atoms with Gasteiger partial charge in [-0.3, -0.25) is 9.48 Å². The molecule has 0 saturated heterocycles. The van der Waals surface area contributed by atoms with E-state index in [2.05, 4.69) is 28.5 Å². The summed E-state index contributed by atoms with van der Waals surface area (Å²) in [6.07, 6.45) is 5.58. The molecular formula is C14H18N4OS. The van der Waals surface area contributed by atoms with E-state index >= 15 is 0 Å². The molecule has 0 N–H and O–H groups in total. The van der Waals surface area contributed by atoms with Crippen LogP contribution < -0.4 is 0 Å². The minimum Gasteiger partial charge on any atom is -0.336 e. The molecule has 5 nitrogen and oxygen atoms in total. The third-order valence-corrected chi connectivity index (χ3v) is 4.84. The number of fused-ring (bicyclic) bond motifs is 1. The quantitative estimate of drug-likeness (QED) is 0.868. The molecule has 0 bridgehead atoms. The zero-order valence-corrected chi connectivity index (χ0v) is 12.3. The molecule has 106 valence electrons. The first-order chi connectivity index (χ1) is 9.75. The standard InChI is InChI=1S/C14H18N4OS/c1-11-12-5-8-20-13(12)4-7-18(11)14(19)3-2-6-17-10-15-9-16-17/h5,8-11H,2-4,6-7H2,1H3. The summed E-state index contributed by atoms with van der Waals surface area (Å²) in [6, 6.07) is 2.36. The number of aromatic nitrogens is 3. The van der Waals surface area contributed by atoms with E-state index in [0.717, 1.165) is 25.9 Å². The fourth-order valence-corrected chi connectivity index (χ4v) is 3.70. The fraction of sp³-hybridized carbons (Fsp3) is 0.500. The van der Waals surface area contributed by atoms with Gasteiger partial charge in [0.15, 0.2) is 0 Å². The van der Waals surface area contributed by atoms with Gasteiger partial charge in [-0.15, -0.1) is 11.3 Å². The third kappa shape index (κ3) is 2.60. The van der Waals surface area contributed by atoms with E-state index in [-0.39, 0.29) is 11.9 Å². The van der Waals surface area contributed by atoms with Gasteiger partial charge < -0.3 is 4.90 Å². The number of aryl methyl sites for hydroxylation is 1. The van der Waals surface area contributed by atoms with Gasteiger partial charge in [-0.05, 0) is 36.8 Å². The summed E-state index contributed by atoms with van der Waals surface area (Å²) in [7, 11) is 0. The Hall–Kier alpha value is -1.69. The Morgan fingerprint density at radius 3 is 3.25 bits per heavy atom. The topological polar surface area (TPSA) is 51.0 Å². The summed E-state index contributed by atoms with van der Waals surface area (Å²) in [4.78, 5) is 19.7. The van der Waals surface area contributed by atoms with Crippen molar-refractivity contribution in [3.8, 4) is 0 Å². The van der Waals surface area contributed by atoms with Crippen LogP contribution in [0.4, 0.5) is 0 Å². The van der Waals surface area contributed by atoms with Crippen LogP contribution in [0.1, 0.15) is 36.2 Å². The molecule has 1 unspecified atom stereocenters. The Balaban J connectivity index is 1.55. The molecule has 0 fully saturated rings. The first-order valence-corrected chi connectivity index (χ1v) is 7.82. The molecule has 6 heteroatoms. The van der Waals surface area contributed by atoms with Crippen molar-refractivity contribution in [2.75, 3.05) is 6.54 Å². The van der Waals surface area contributed by atoms with Crippen LogP contribution in [-0.4, -0.2) is 32.1 Å². The summed E-state index contributed by atoms with van der Waals surface area (Å²) in [6.45, 7) is 3.72. The average molecular weight is 290 g/mol. The van der Waals surface area contributed by atoms with Crippen LogP contribution in [-0.2, 0) is 17.8 Å². The zero-order valence-electron chi connectivity index (χ0n) is 11.5. The first kappa shape index (κ1) is 13.3. The predicted octanol–water partition coefficient (Wildman–Crippen LogP) is 2.27. The van der Waals surface area contributed by atoms with Gasteiger partial charge >= 0.3 is 0 Å². The van der Waals surface area contributed by atoms with Crippen LogP contribution in [0, 0.1) is 0 Å². The Morgan fingerprint density at radius 1 is 1.55 bits per heavy atom. The van der Waals surface area contributed by atoms with Crippen molar-refractivity contribution in [1.82, 2.24) is 19.7 Å². The number of amides is 1. The Labute approximate surface area is 122 Å². The van der Waals surface area contributed by atoms with E-state index in [4.69, 9.17) is 0 Å². The van der Waals surface area contributed by atoms with Crippen LogP contribution in [0.25, 0.3) is 0 Å². The first-order valence-electron chi connectivity index (χ1n) is 6.94. The fourth-order valence-electron chi connectivity index (χ4n) is 2.73. The summed E-state index contributed by atoms with van der Waals surface area (Å²) in [5.74, 6) is 0.245. The van der Waals surface area contributed by atoms with E-state index in [1.165, 1.54) is 16.8 Å². The maximum absolute atomic E-state index is 12.4. The number of nitrogens with zero attached hydrogens (tertiary/aromatic N) is 4. The van der Waals surface area contributed by atoms with E-state index < -0.39 is 0 Å². The second-order valence-corrected chi connectivity index (χ2v) is 6.07. The van der Waals surface area contributed by atoms with Gasteiger partial charge in [0.2, 0.25) is 5.91 Å². The van der Waals surface area contributed by atoms with Gasteiger partial charge in [0.1, 0.15) is 12.7 Å². The number of thiophene rings is 1. The molecule has 3 heterocycles. The van der Waals surface area contributed by atoms with E-state index in [1.54, 1.807) is 22.3 Å². The molecule has 1 atom stereocenters. The minimum absolute atomic E-state index is 0.212. The van der Waals surface area contributed by atoms with E-state index in [1.807, 2.05) is 4.90 Å². The van der Waals surface area contributed by atoms with Crippen LogP contribution in [0.15, 0.2) is 24.1 Å². The molecule has 0 aliphatic carbocycles. The maximum atomic E-state index is 12.4. The van der Waals surface area contributed by atoms with Crippen molar-refractivity contribution in [2.24, 2.45) is 0 Å². The van der Waals surface area contributed by atoms with Gasteiger partial charge in [0.25, 0.3) is 0 Å². The van der Waals surface area contributed by atoms with Crippen molar-refractivity contribution < 1.29 is 4.79 Å². The zero-order chi connectivity index (χ0) is 13.9. The monoisotopic (exact) mass is 290 g/mol. The van der Waals surface area contributed by atoms with Gasteiger partial charge in [-0.2, -0.15) is 5.10 Å². The van der Waals surface area contributed by atoms with Crippen molar-refractivity contribution in [2.45, 2.75) is 38.8 Å². The highest BCUT2D eigenvalue weighted by atomic mass is 32.1. The van der Waals surface area contributed by atoms with Gasteiger partial charge in [0, 0.05) is 24.4 Å². The van der Waals surface area contributed by atoms with Crippen LogP contribution >= 0.6 is 11.3 Å². The highest BCUT2D eigenvalue weighted by Crippen LogP contribution is 2.33. The largest absolute Gasteiger partial charge is 0.336 e. The highest BCUT2D eigenvalue weighted by molar-refractivity contribution is 7.10. The lowest BCUT2D eigenvalue weighted by Gasteiger charge is -2.33. The van der Waals surface area contributed by atoms with Gasteiger partial charge in [-0.1, -0.05) is 0 Å². The Bertz CT molecular complexity index is 578. The smallest absolute Gasteiger partial charge is 0.223 e. The van der Waals surface area contributed by atoms with Crippen molar-refractivity contribution in [1.29, 1.82) is 0 Å². The molecule has 1 aliphatic rings. The molecule has 0 aromatic carbocycles. The molecule has 2 aromatic heterocycles. The molecule has 20 heavy (non-hydrogen) atoms.